The zero-order valence-electron chi connectivity index (χ0n) is 20.5. The Bertz CT molecular complexity index is 1430. The summed E-state index contributed by atoms with van der Waals surface area (Å²) in [4.78, 5) is 24.4. The van der Waals surface area contributed by atoms with Gasteiger partial charge < -0.3 is 14.4 Å². The molecule has 0 radical (unpaired) electrons. The fraction of sp³-hybridized carbons (Fsp3) is 0.200. The number of fused-ring (bicyclic) bond motifs is 1. The van der Waals surface area contributed by atoms with Gasteiger partial charge in [-0.2, -0.15) is 0 Å². The highest BCUT2D eigenvalue weighted by Crippen LogP contribution is 2.30. The standard InChI is InChI=1S/C30H28ClNO4/c1-19-6-12-24(13-7-19)29(33)28-20(2)32(27-15-14-25(31)17-26(27)28)16-4-5-22-8-10-23(11-9-22)18-36-21(3)30(34)35/h4-15,17,21H,16,18H2,1-3H3,(H,34,35)/b5-4+/t21-/m1/s1. The molecule has 0 spiro atoms. The number of hydrogen-bond donors (Lipinski definition) is 1. The second kappa shape index (κ2) is 10.9. The molecule has 0 bridgehead atoms. The molecule has 0 aliphatic carbocycles. The largest absolute Gasteiger partial charge is 0.479 e. The van der Waals surface area contributed by atoms with Crippen LogP contribution in [0.5, 0.6) is 0 Å². The molecule has 0 fully saturated rings. The van der Waals surface area contributed by atoms with Gasteiger partial charge in [0.05, 0.1) is 12.2 Å². The average molecular weight is 502 g/mol. The molecule has 0 aliphatic rings. The Kier molecular flexibility index (Phi) is 7.73. The predicted molar refractivity (Wildman–Crippen MR) is 144 cm³/mol. The van der Waals surface area contributed by atoms with Crippen LogP contribution >= 0.6 is 11.6 Å². The molecule has 1 N–H and O–H groups in total. The zero-order valence-corrected chi connectivity index (χ0v) is 21.3. The number of carbonyl (C=O) groups excluding carboxylic acids is 1. The molecule has 6 heteroatoms. The van der Waals surface area contributed by atoms with E-state index in [1.807, 2.05) is 86.7 Å². The summed E-state index contributed by atoms with van der Waals surface area (Å²) in [5.41, 5.74) is 6.19. The summed E-state index contributed by atoms with van der Waals surface area (Å²) in [6.45, 7) is 6.31. The molecule has 1 atom stereocenters. The van der Waals surface area contributed by atoms with E-state index in [1.54, 1.807) is 0 Å². The Balaban J connectivity index is 1.56. The first-order chi connectivity index (χ1) is 17.2. The van der Waals surface area contributed by atoms with Crippen molar-refractivity contribution in [1.29, 1.82) is 0 Å². The molecular weight excluding hydrogens is 474 g/mol. The summed E-state index contributed by atoms with van der Waals surface area (Å²) in [6.07, 6.45) is 3.23. The highest BCUT2D eigenvalue weighted by atomic mass is 35.5. The maximum atomic E-state index is 13.5. The van der Waals surface area contributed by atoms with E-state index in [4.69, 9.17) is 21.4 Å². The quantitative estimate of drug-likeness (QED) is 0.255. The number of carboxylic acids is 1. The van der Waals surface area contributed by atoms with Crippen LogP contribution in [0.1, 0.15) is 45.2 Å². The van der Waals surface area contributed by atoms with Crippen LogP contribution in [-0.4, -0.2) is 27.5 Å². The van der Waals surface area contributed by atoms with Gasteiger partial charge in [-0.3, -0.25) is 4.79 Å². The second-order valence-electron chi connectivity index (χ2n) is 8.86. The second-order valence-corrected chi connectivity index (χ2v) is 9.30. The number of aliphatic carboxylic acids is 1. The van der Waals surface area contributed by atoms with Gasteiger partial charge in [0.1, 0.15) is 0 Å². The lowest BCUT2D eigenvalue weighted by Crippen LogP contribution is -2.19. The van der Waals surface area contributed by atoms with Crippen LogP contribution in [0.2, 0.25) is 5.02 Å². The number of hydrogen-bond acceptors (Lipinski definition) is 3. The minimum atomic E-state index is -0.978. The van der Waals surface area contributed by atoms with Gasteiger partial charge in [0, 0.05) is 33.7 Å². The number of carbonyl (C=O) groups is 2. The summed E-state index contributed by atoms with van der Waals surface area (Å²) in [6, 6.07) is 21.0. The Morgan fingerprint density at radius 3 is 2.39 bits per heavy atom. The number of halogens is 1. The van der Waals surface area contributed by atoms with Crippen molar-refractivity contribution in [2.75, 3.05) is 0 Å². The molecule has 184 valence electrons. The van der Waals surface area contributed by atoms with E-state index in [-0.39, 0.29) is 12.4 Å². The topological polar surface area (TPSA) is 68.5 Å². The van der Waals surface area contributed by atoms with Gasteiger partial charge in [-0.25, -0.2) is 4.79 Å². The summed E-state index contributed by atoms with van der Waals surface area (Å²) in [5.74, 6) is -0.995. The van der Waals surface area contributed by atoms with Crippen molar-refractivity contribution < 1.29 is 19.4 Å². The first kappa shape index (κ1) is 25.4. The van der Waals surface area contributed by atoms with Gasteiger partial charge in [0.2, 0.25) is 0 Å². The van der Waals surface area contributed by atoms with Crippen LogP contribution in [0.25, 0.3) is 17.0 Å². The Morgan fingerprint density at radius 2 is 1.72 bits per heavy atom. The van der Waals surface area contributed by atoms with Crippen molar-refractivity contribution in [2.24, 2.45) is 0 Å². The molecule has 4 aromatic rings. The number of benzene rings is 3. The molecule has 0 unspecified atom stereocenters. The highest BCUT2D eigenvalue weighted by Gasteiger charge is 2.21. The molecule has 0 aliphatic heterocycles. The lowest BCUT2D eigenvalue weighted by molar-refractivity contribution is -0.149. The Labute approximate surface area is 215 Å². The minimum absolute atomic E-state index is 0.0162. The summed E-state index contributed by atoms with van der Waals surface area (Å²) < 4.78 is 7.46. The number of aromatic nitrogens is 1. The number of ether oxygens (including phenoxy) is 1. The van der Waals surface area contributed by atoms with Crippen molar-refractivity contribution in [3.8, 4) is 0 Å². The van der Waals surface area contributed by atoms with Crippen molar-refractivity contribution in [2.45, 2.75) is 40.0 Å². The monoisotopic (exact) mass is 501 g/mol. The molecule has 4 rings (SSSR count). The van der Waals surface area contributed by atoms with E-state index >= 15 is 0 Å². The molecular formula is C30H28ClNO4. The maximum Gasteiger partial charge on any atom is 0.332 e. The molecule has 1 heterocycles. The van der Waals surface area contributed by atoms with Gasteiger partial charge in [0.15, 0.2) is 11.9 Å². The predicted octanol–water partition coefficient (Wildman–Crippen LogP) is 6.85. The molecule has 0 saturated carbocycles. The fourth-order valence-corrected chi connectivity index (χ4v) is 4.31. The van der Waals surface area contributed by atoms with Crippen LogP contribution in [0.15, 0.2) is 72.8 Å². The van der Waals surface area contributed by atoms with E-state index in [1.165, 1.54) is 6.92 Å². The van der Waals surface area contributed by atoms with E-state index in [0.717, 1.165) is 33.3 Å². The van der Waals surface area contributed by atoms with Crippen LogP contribution in [0.4, 0.5) is 0 Å². The number of aryl methyl sites for hydroxylation is 1. The number of carboxylic acid groups (broad SMARTS) is 1. The van der Waals surface area contributed by atoms with Crippen molar-refractivity contribution in [1.82, 2.24) is 4.57 Å². The fourth-order valence-electron chi connectivity index (χ4n) is 4.14. The van der Waals surface area contributed by atoms with Crippen molar-refractivity contribution in [3.05, 3.63) is 111 Å². The smallest absolute Gasteiger partial charge is 0.332 e. The Hall–Kier alpha value is -3.67. The molecule has 0 amide bonds. The average Bonchev–Trinajstić information content (AvgIpc) is 3.13. The van der Waals surface area contributed by atoms with Crippen LogP contribution in [0, 0.1) is 13.8 Å². The summed E-state index contributed by atoms with van der Waals surface area (Å²) >= 11 is 6.30. The number of rotatable bonds is 9. The third-order valence-corrected chi connectivity index (χ3v) is 6.49. The van der Waals surface area contributed by atoms with E-state index in [2.05, 4.69) is 10.6 Å². The number of ketones is 1. The van der Waals surface area contributed by atoms with Gasteiger partial charge >= 0.3 is 5.97 Å². The molecule has 5 nitrogen and oxygen atoms in total. The SMILES string of the molecule is Cc1ccc(C(=O)c2c(C)n(C/C=C/c3ccc(CO[C@H](C)C(=O)O)cc3)c3ccc(Cl)cc23)cc1. The highest BCUT2D eigenvalue weighted by molar-refractivity contribution is 6.31. The van der Waals surface area contributed by atoms with Crippen LogP contribution < -0.4 is 0 Å². The van der Waals surface area contributed by atoms with Gasteiger partial charge in [-0.1, -0.05) is 77.8 Å². The lowest BCUT2D eigenvalue weighted by atomic mass is 10.00. The zero-order chi connectivity index (χ0) is 25.8. The summed E-state index contributed by atoms with van der Waals surface area (Å²) in [7, 11) is 0. The van der Waals surface area contributed by atoms with E-state index < -0.39 is 12.1 Å². The Morgan fingerprint density at radius 1 is 1.03 bits per heavy atom. The number of allylic oxidation sites excluding steroid dienone is 1. The third-order valence-electron chi connectivity index (χ3n) is 6.25. The normalized spacial score (nSPS) is 12.3. The first-order valence-electron chi connectivity index (χ1n) is 11.7. The van der Waals surface area contributed by atoms with Gasteiger partial charge in [0.25, 0.3) is 0 Å². The lowest BCUT2D eigenvalue weighted by Gasteiger charge is -2.08. The van der Waals surface area contributed by atoms with Gasteiger partial charge in [-0.05, 0) is 50.1 Å². The maximum absolute atomic E-state index is 13.5. The van der Waals surface area contributed by atoms with Crippen LogP contribution in [-0.2, 0) is 22.7 Å². The molecule has 3 aromatic carbocycles. The van der Waals surface area contributed by atoms with Crippen molar-refractivity contribution in [3.63, 3.8) is 0 Å². The molecule has 1 aromatic heterocycles. The van der Waals surface area contributed by atoms with Crippen molar-refractivity contribution >= 4 is 40.3 Å². The minimum Gasteiger partial charge on any atom is -0.479 e. The van der Waals surface area contributed by atoms with Crippen LogP contribution in [0.3, 0.4) is 0 Å². The number of nitrogens with zero attached hydrogens (tertiary/aromatic N) is 1. The van der Waals surface area contributed by atoms with E-state index in [9.17, 15) is 9.59 Å². The first-order valence-corrected chi connectivity index (χ1v) is 12.1. The van der Waals surface area contributed by atoms with E-state index in [0.29, 0.717) is 22.7 Å². The third kappa shape index (κ3) is 5.59. The summed E-state index contributed by atoms with van der Waals surface area (Å²) in [5, 5.41) is 10.4. The molecule has 0 saturated heterocycles. The molecule has 36 heavy (non-hydrogen) atoms. The van der Waals surface area contributed by atoms with Gasteiger partial charge in [-0.15, -0.1) is 0 Å².